The SMILES string of the molecule is Cn1ccnc1C(O)(CC(=O)NCCCc1nc2c(s1)CCCC2)C(F)(F)F. The van der Waals surface area contributed by atoms with E-state index in [1.165, 1.54) is 30.2 Å². The molecule has 2 N–H and O–H groups in total. The van der Waals surface area contributed by atoms with Crippen molar-refractivity contribution in [3.8, 4) is 0 Å². The molecule has 154 valence electrons. The average Bonchev–Trinajstić information content (AvgIpc) is 3.23. The van der Waals surface area contributed by atoms with E-state index in [4.69, 9.17) is 0 Å². The number of carbonyl (C=O) groups is 1. The molecule has 0 saturated carbocycles. The van der Waals surface area contributed by atoms with Gasteiger partial charge in [-0.2, -0.15) is 13.2 Å². The fourth-order valence-electron chi connectivity index (χ4n) is 3.34. The van der Waals surface area contributed by atoms with Crippen LogP contribution in [0.4, 0.5) is 13.2 Å². The minimum Gasteiger partial charge on any atom is -0.374 e. The Morgan fingerprint density at radius 2 is 2.11 bits per heavy atom. The van der Waals surface area contributed by atoms with Gasteiger partial charge in [-0.25, -0.2) is 9.97 Å². The van der Waals surface area contributed by atoms with E-state index < -0.39 is 29.9 Å². The first-order valence-electron chi connectivity index (χ1n) is 9.22. The highest BCUT2D eigenvalue weighted by atomic mass is 32.1. The number of aromatic nitrogens is 3. The van der Waals surface area contributed by atoms with Gasteiger partial charge in [0.1, 0.15) is 0 Å². The molecule has 1 aliphatic carbocycles. The number of aryl methyl sites for hydroxylation is 4. The number of halogens is 3. The number of aliphatic hydroxyl groups is 1. The van der Waals surface area contributed by atoms with Crippen LogP contribution in [0.25, 0.3) is 0 Å². The molecule has 2 aromatic heterocycles. The average molecular weight is 416 g/mol. The van der Waals surface area contributed by atoms with Crippen molar-refractivity contribution in [2.75, 3.05) is 6.54 Å². The van der Waals surface area contributed by atoms with Gasteiger partial charge in [0.15, 0.2) is 5.82 Å². The second kappa shape index (κ2) is 8.20. The van der Waals surface area contributed by atoms with Gasteiger partial charge in [-0.1, -0.05) is 0 Å². The monoisotopic (exact) mass is 416 g/mol. The zero-order valence-corrected chi connectivity index (χ0v) is 16.4. The molecule has 1 unspecified atom stereocenters. The summed E-state index contributed by atoms with van der Waals surface area (Å²) >= 11 is 1.68. The van der Waals surface area contributed by atoms with Gasteiger partial charge in [0.2, 0.25) is 11.5 Å². The Morgan fingerprint density at radius 3 is 2.75 bits per heavy atom. The minimum absolute atomic E-state index is 0.220. The zero-order valence-electron chi connectivity index (χ0n) is 15.6. The summed E-state index contributed by atoms with van der Waals surface area (Å²) in [6, 6.07) is 0. The molecule has 0 aromatic carbocycles. The summed E-state index contributed by atoms with van der Waals surface area (Å²) in [5.41, 5.74) is -2.16. The van der Waals surface area contributed by atoms with Crippen LogP contribution in [0, 0.1) is 0 Å². The first-order valence-corrected chi connectivity index (χ1v) is 10.0. The summed E-state index contributed by atoms with van der Waals surface area (Å²) in [7, 11) is 1.34. The fraction of sp³-hybridized carbons (Fsp3) is 0.611. The van der Waals surface area contributed by atoms with E-state index in [9.17, 15) is 23.1 Å². The molecule has 2 aromatic rings. The van der Waals surface area contributed by atoms with Gasteiger partial charge < -0.3 is 15.0 Å². The molecule has 0 spiro atoms. The van der Waals surface area contributed by atoms with Crippen molar-refractivity contribution in [2.45, 2.75) is 56.7 Å². The number of nitrogens with zero attached hydrogens (tertiary/aromatic N) is 3. The van der Waals surface area contributed by atoms with E-state index in [0.29, 0.717) is 12.8 Å². The van der Waals surface area contributed by atoms with E-state index in [1.807, 2.05) is 0 Å². The molecule has 2 heterocycles. The highest BCUT2D eigenvalue weighted by molar-refractivity contribution is 7.11. The van der Waals surface area contributed by atoms with Crippen LogP contribution in [-0.4, -0.2) is 38.3 Å². The quantitative estimate of drug-likeness (QED) is 0.680. The highest BCUT2D eigenvalue weighted by Gasteiger charge is 2.58. The van der Waals surface area contributed by atoms with Gasteiger partial charge in [0.25, 0.3) is 0 Å². The molecular formula is C18H23F3N4O2S. The van der Waals surface area contributed by atoms with Crippen molar-refractivity contribution in [1.82, 2.24) is 19.9 Å². The lowest BCUT2D eigenvalue weighted by atomic mass is 9.97. The summed E-state index contributed by atoms with van der Waals surface area (Å²) in [4.78, 5) is 21.6. The largest absolute Gasteiger partial charge is 0.425 e. The summed E-state index contributed by atoms with van der Waals surface area (Å²) in [5.74, 6) is -1.48. The van der Waals surface area contributed by atoms with Crippen molar-refractivity contribution < 1.29 is 23.1 Å². The first kappa shape index (κ1) is 20.8. The molecule has 28 heavy (non-hydrogen) atoms. The Kier molecular flexibility index (Phi) is 6.09. The maximum atomic E-state index is 13.4. The Bertz CT molecular complexity index is 810. The van der Waals surface area contributed by atoms with Gasteiger partial charge in [-0.15, -0.1) is 11.3 Å². The molecule has 1 amide bonds. The second-order valence-corrected chi connectivity index (χ2v) is 8.20. The smallest absolute Gasteiger partial charge is 0.374 e. The molecule has 0 fully saturated rings. The van der Waals surface area contributed by atoms with Crippen LogP contribution in [0.2, 0.25) is 0 Å². The number of thiazole rings is 1. The predicted octanol–water partition coefficient (Wildman–Crippen LogP) is 2.64. The standard InChI is InChI=1S/C18H23F3N4O2S/c1-25-10-9-23-16(25)17(27,18(19,20)21)11-14(26)22-8-4-7-15-24-12-5-2-3-6-13(12)28-15/h9-10,27H,2-8,11H2,1H3,(H,22,26). The van der Waals surface area contributed by atoms with Crippen molar-refractivity contribution in [3.05, 3.63) is 33.8 Å². The molecular weight excluding hydrogens is 393 g/mol. The number of nitrogens with one attached hydrogen (secondary N) is 1. The first-order chi connectivity index (χ1) is 13.2. The van der Waals surface area contributed by atoms with Crippen molar-refractivity contribution in [1.29, 1.82) is 0 Å². The lowest BCUT2D eigenvalue weighted by Crippen LogP contribution is -2.48. The van der Waals surface area contributed by atoms with Crippen LogP contribution >= 0.6 is 11.3 Å². The molecule has 0 radical (unpaired) electrons. The van der Waals surface area contributed by atoms with Gasteiger partial charge in [-0.3, -0.25) is 4.79 Å². The zero-order chi connectivity index (χ0) is 20.4. The third-order valence-electron chi connectivity index (χ3n) is 4.86. The van der Waals surface area contributed by atoms with Gasteiger partial charge >= 0.3 is 6.18 Å². The maximum absolute atomic E-state index is 13.4. The van der Waals surface area contributed by atoms with Crippen LogP contribution in [0.1, 0.15) is 47.1 Å². The Labute approximate surface area is 164 Å². The lowest BCUT2D eigenvalue weighted by Gasteiger charge is -2.29. The number of hydrogen-bond acceptors (Lipinski definition) is 5. The normalized spacial score (nSPS) is 16.5. The fourth-order valence-corrected chi connectivity index (χ4v) is 4.54. The summed E-state index contributed by atoms with van der Waals surface area (Å²) in [5, 5.41) is 13.7. The molecule has 0 saturated heterocycles. The minimum atomic E-state index is -5.02. The van der Waals surface area contributed by atoms with E-state index in [1.54, 1.807) is 11.3 Å². The molecule has 3 rings (SSSR count). The number of rotatable bonds is 7. The van der Waals surface area contributed by atoms with E-state index >= 15 is 0 Å². The van der Waals surface area contributed by atoms with Gasteiger partial charge in [0, 0.05) is 37.3 Å². The number of amides is 1. The van der Waals surface area contributed by atoms with E-state index in [2.05, 4.69) is 15.3 Å². The topological polar surface area (TPSA) is 80.0 Å². The molecule has 1 aliphatic rings. The lowest BCUT2D eigenvalue weighted by molar-refractivity contribution is -0.271. The Balaban J connectivity index is 1.52. The van der Waals surface area contributed by atoms with Crippen LogP contribution in [0.15, 0.2) is 12.4 Å². The Morgan fingerprint density at radius 1 is 1.36 bits per heavy atom. The van der Waals surface area contributed by atoms with Crippen molar-refractivity contribution in [2.24, 2.45) is 7.05 Å². The number of fused-ring (bicyclic) bond motifs is 1. The third-order valence-corrected chi connectivity index (χ3v) is 6.07. The van der Waals surface area contributed by atoms with Crippen molar-refractivity contribution in [3.63, 3.8) is 0 Å². The predicted molar refractivity (Wildman–Crippen MR) is 97.9 cm³/mol. The third kappa shape index (κ3) is 4.38. The van der Waals surface area contributed by atoms with Crippen LogP contribution in [0.3, 0.4) is 0 Å². The molecule has 0 aliphatic heterocycles. The maximum Gasteiger partial charge on any atom is 0.425 e. The van der Waals surface area contributed by atoms with Gasteiger partial charge in [0.05, 0.1) is 17.1 Å². The van der Waals surface area contributed by atoms with Crippen LogP contribution in [-0.2, 0) is 36.7 Å². The number of hydrogen-bond donors (Lipinski definition) is 2. The summed E-state index contributed by atoms with van der Waals surface area (Å²) < 4.78 is 41.4. The number of alkyl halides is 3. The molecule has 0 bridgehead atoms. The van der Waals surface area contributed by atoms with Gasteiger partial charge in [-0.05, 0) is 32.1 Å². The summed E-state index contributed by atoms with van der Waals surface area (Å²) in [6.07, 6.45) is 1.93. The highest BCUT2D eigenvalue weighted by Crippen LogP contribution is 2.40. The van der Waals surface area contributed by atoms with E-state index in [0.717, 1.165) is 35.0 Å². The molecule has 10 heteroatoms. The molecule has 6 nitrogen and oxygen atoms in total. The van der Waals surface area contributed by atoms with Crippen LogP contribution in [0.5, 0.6) is 0 Å². The number of imidazole rings is 1. The molecule has 1 atom stereocenters. The van der Waals surface area contributed by atoms with Crippen LogP contribution < -0.4 is 5.32 Å². The van der Waals surface area contributed by atoms with Crippen molar-refractivity contribution >= 4 is 17.2 Å². The van der Waals surface area contributed by atoms with E-state index in [-0.39, 0.29) is 6.54 Å². The summed E-state index contributed by atoms with van der Waals surface area (Å²) in [6.45, 7) is 0.220. The second-order valence-electron chi connectivity index (χ2n) is 7.03. The number of carbonyl (C=O) groups excluding carboxylic acids is 1. The Hall–Kier alpha value is -1.94.